The van der Waals surface area contributed by atoms with E-state index in [0.29, 0.717) is 6.54 Å². The van der Waals surface area contributed by atoms with Crippen molar-refractivity contribution in [3.05, 3.63) is 90.8 Å². The molecule has 0 saturated carbocycles. The van der Waals surface area contributed by atoms with Crippen LogP contribution in [0.3, 0.4) is 0 Å². The summed E-state index contributed by atoms with van der Waals surface area (Å²) in [5.74, 6) is 0.115. The summed E-state index contributed by atoms with van der Waals surface area (Å²) in [4.78, 5) is 12.8. The van der Waals surface area contributed by atoms with Crippen LogP contribution in [0.15, 0.2) is 85.2 Å². The van der Waals surface area contributed by atoms with Crippen LogP contribution in [-0.4, -0.2) is 10.4 Å². The number of ketones is 1. The fourth-order valence-corrected chi connectivity index (χ4v) is 3.86. The lowest BCUT2D eigenvalue weighted by molar-refractivity contribution is -0.682. The van der Waals surface area contributed by atoms with Crippen LogP contribution < -0.4 is 4.57 Å². The van der Waals surface area contributed by atoms with E-state index in [1.165, 1.54) is 16.3 Å². The molecule has 2 aromatic heterocycles. The highest BCUT2D eigenvalue weighted by Crippen LogP contribution is 2.26. The molecule has 130 valence electrons. The van der Waals surface area contributed by atoms with E-state index in [9.17, 15) is 4.79 Å². The third kappa shape index (κ3) is 2.59. The number of carbonyl (C=O) groups excluding carboxylic acids is 1. The summed E-state index contributed by atoms with van der Waals surface area (Å²) in [6.45, 7) is 0.329. The Morgan fingerprint density at radius 3 is 2.48 bits per heavy atom. The molecule has 0 radical (unpaired) electrons. The van der Waals surface area contributed by atoms with Gasteiger partial charge in [-0.3, -0.25) is 4.79 Å². The molecule has 0 amide bonds. The van der Waals surface area contributed by atoms with Crippen LogP contribution in [0.25, 0.3) is 32.6 Å². The number of fused-ring (bicyclic) bond motifs is 4. The van der Waals surface area contributed by atoms with E-state index in [1.54, 1.807) is 0 Å². The molecule has 3 heteroatoms. The Kier molecular flexibility index (Phi) is 3.54. The zero-order chi connectivity index (χ0) is 18.4. The van der Waals surface area contributed by atoms with Crippen molar-refractivity contribution in [3.8, 4) is 0 Å². The maximum atomic E-state index is 12.8. The lowest BCUT2D eigenvalue weighted by atomic mass is 10.0. The van der Waals surface area contributed by atoms with Crippen LogP contribution in [0.2, 0.25) is 0 Å². The number of rotatable bonds is 3. The van der Waals surface area contributed by atoms with Crippen molar-refractivity contribution in [1.29, 1.82) is 0 Å². The smallest absolute Gasteiger partial charge is 0.227 e. The topological polar surface area (TPSA) is 25.9 Å². The van der Waals surface area contributed by atoms with E-state index in [1.807, 2.05) is 47.2 Å². The molecule has 0 atom stereocenters. The Bertz CT molecular complexity index is 1330. The molecule has 0 N–H and O–H groups in total. The van der Waals surface area contributed by atoms with Crippen LogP contribution in [0, 0.1) is 0 Å². The molecule has 0 spiro atoms. The van der Waals surface area contributed by atoms with Gasteiger partial charge in [-0.15, -0.1) is 0 Å². The van der Waals surface area contributed by atoms with Crippen molar-refractivity contribution in [3.63, 3.8) is 0 Å². The molecule has 5 rings (SSSR count). The zero-order valence-electron chi connectivity index (χ0n) is 15.1. The van der Waals surface area contributed by atoms with Crippen LogP contribution in [0.1, 0.15) is 10.4 Å². The molecule has 3 nitrogen and oxygen atoms in total. The number of pyridine rings is 1. The summed E-state index contributed by atoms with van der Waals surface area (Å²) >= 11 is 0. The first kappa shape index (κ1) is 15.8. The Labute approximate surface area is 157 Å². The summed E-state index contributed by atoms with van der Waals surface area (Å²) < 4.78 is 4.15. The summed E-state index contributed by atoms with van der Waals surface area (Å²) in [7, 11) is 2.07. The van der Waals surface area contributed by atoms with Gasteiger partial charge >= 0.3 is 0 Å². The molecule has 0 aliphatic heterocycles. The first-order chi connectivity index (χ1) is 13.2. The van der Waals surface area contributed by atoms with E-state index in [4.69, 9.17) is 0 Å². The third-order valence-electron chi connectivity index (χ3n) is 5.31. The largest absolute Gasteiger partial charge is 0.339 e. The van der Waals surface area contributed by atoms with Crippen molar-refractivity contribution >= 4 is 38.4 Å². The summed E-state index contributed by atoms with van der Waals surface area (Å²) in [5, 5.41) is 4.70. The fourth-order valence-electron chi connectivity index (χ4n) is 3.86. The molecule has 27 heavy (non-hydrogen) atoms. The Hall–Kier alpha value is -3.46. The van der Waals surface area contributed by atoms with E-state index < -0.39 is 0 Å². The number of Topliss-reactive ketones (excluding diaryl/α,β-unsaturated/α-hetero) is 1. The van der Waals surface area contributed by atoms with Crippen molar-refractivity contribution in [2.75, 3.05) is 0 Å². The van der Waals surface area contributed by atoms with E-state index >= 15 is 0 Å². The lowest BCUT2D eigenvalue weighted by Crippen LogP contribution is -2.37. The van der Waals surface area contributed by atoms with Crippen molar-refractivity contribution in [2.24, 2.45) is 7.05 Å². The van der Waals surface area contributed by atoms with Gasteiger partial charge in [0.1, 0.15) is 5.52 Å². The van der Waals surface area contributed by atoms with Crippen LogP contribution in [0.4, 0.5) is 0 Å². The SMILES string of the molecule is Cn1c2ccccc2c2cc[n+](CC(=O)c3ccc4ccccc4c3)cc21. The van der Waals surface area contributed by atoms with Gasteiger partial charge in [0.25, 0.3) is 0 Å². The van der Waals surface area contributed by atoms with E-state index in [-0.39, 0.29) is 5.78 Å². The zero-order valence-corrected chi connectivity index (χ0v) is 15.1. The van der Waals surface area contributed by atoms with Crippen LogP contribution >= 0.6 is 0 Å². The number of carbonyl (C=O) groups is 1. The van der Waals surface area contributed by atoms with Crippen molar-refractivity contribution in [2.45, 2.75) is 6.54 Å². The summed E-state index contributed by atoms with van der Waals surface area (Å²) in [5.41, 5.74) is 3.08. The van der Waals surface area contributed by atoms with Crippen LogP contribution in [0.5, 0.6) is 0 Å². The molecule has 0 unspecified atom stereocenters. The van der Waals surface area contributed by atoms with Crippen molar-refractivity contribution < 1.29 is 9.36 Å². The molecule has 0 fully saturated rings. The standard InChI is InChI=1S/C24H19N2O/c1-25-22-9-5-4-8-20(22)21-12-13-26(15-23(21)25)16-24(27)19-11-10-17-6-2-3-7-18(17)14-19/h2-15H,16H2,1H3/q+1. The summed E-state index contributed by atoms with van der Waals surface area (Å²) in [6.07, 6.45) is 4.06. The normalized spacial score (nSPS) is 11.4. The third-order valence-corrected chi connectivity index (χ3v) is 5.31. The van der Waals surface area contributed by atoms with Gasteiger partial charge in [-0.2, -0.15) is 4.57 Å². The molecule has 0 saturated heterocycles. The number of aryl methyl sites for hydroxylation is 1. The number of nitrogens with zero attached hydrogens (tertiary/aromatic N) is 2. The minimum absolute atomic E-state index is 0.115. The maximum absolute atomic E-state index is 12.8. The second-order valence-corrected chi connectivity index (χ2v) is 6.98. The van der Waals surface area contributed by atoms with Crippen LogP contribution in [-0.2, 0) is 13.6 Å². The minimum Gasteiger partial charge on any atom is -0.339 e. The number of aromatic nitrogens is 2. The highest BCUT2D eigenvalue weighted by Gasteiger charge is 2.16. The highest BCUT2D eigenvalue weighted by atomic mass is 16.1. The first-order valence-corrected chi connectivity index (χ1v) is 9.09. The molecular weight excluding hydrogens is 332 g/mol. The second kappa shape index (κ2) is 6.06. The number of hydrogen-bond acceptors (Lipinski definition) is 1. The molecule has 0 aliphatic carbocycles. The molecule has 2 heterocycles. The average molecular weight is 351 g/mol. The predicted molar refractivity (Wildman–Crippen MR) is 109 cm³/mol. The monoisotopic (exact) mass is 351 g/mol. The predicted octanol–water partition coefficient (Wildman–Crippen LogP) is 4.66. The minimum atomic E-state index is 0.115. The van der Waals surface area contributed by atoms with Gasteiger partial charge in [-0.25, -0.2) is 0 Å². The highest BCUT2D eigenvalue weighted by molar-refractivity contribution is 6.07. The average Bonchev–Trinajstić information content (AvgIpc) is 3.00. The first-order valence-electron chi connectivity index (χ1n) is 9.09. The van der Waals surface area contributed by atoms with Gasteiger partial charge in [-0.05, 0) is 22.9 Å². The Morgan fingerprint density at radius 2 is 1.59 bits per heavy atom. The Morgan fingerprint density at radius 1 is 0.852 bits per heavy atom. The van der Waals surface area contributed by atoms with Gasteiger partial charge in [-0.1, -0.05) is 54.6 Å². The van der Waals surface area contributed by atoms with Gasteiger partial charge in [0.2, 0.25) is 12.3 Å². The number of para-hydroxylation sites is 1. The number of benzene rings is 3. The fraction of sp³-hybridized carbons (Fsp3) is 0.0833. The van der Waals surface area contributed by atoms with E-state index in [2.05, 4.69) is 54.2 Å². The van der Waals surface area contributed by atoms with Gasteiger partial charge in [0.05, 0.1) is 0 Å². The molecule has 5 aromatic rings. The van der Waals surface area contributed by atoms with Gasteiger partial charge in [0, 0.05) is 35.0 Å². The molecular formula is C24H19N2O+. The number of hydrogen-bond donors (Lipinski definition) is 0. The summed E-state index contributed by atoms with van der Waals surface area (Å²) in [6, 6.07) is 24.5. The molecule has 3 aromatic carbocycles. The Balaban J connectivity index is 1.52. The molecule has 0 bridgehead atoms. The van der Waals surface area contributed by atoms with Gasteiger partial charge < -0.3 is 4.57 Å². The second-order valence-electron chi connectivity index (χ2n) is 6.98. The maximum Gasteiger partial charge on any atom is 0.227 e. The van der Waals surface area contributed by atoms with Crippen molar-refractivity contribution in [1.82, 2.24) is 4.57 Å². The van der Waals surface area contributed by atoms with Gasteiger partial charge in [0.15, 0.2) is 12.4 Å². The molecule has 0 aliphatic rings. The lowest BCUT2D eigenvalue weighted by Gasteiger charge is -2.02. The quantitative estimate of drug-likeness (QED) is 0.343. The van der Waals surface area contributed by atoms with E-state index in [0.717, 1.165) is 21.9 Å².